The van der Waals surface area contributed by atoms with E-state index in [0.717, 1.165) is 17.0 Å². The Hall–Kier alpha value is -2.86. The number of imidazole rings is 1. The average molecular weight is 324 g/mol. The van der Waals surface area contributed by atoms with E-state index >= 15 is 0 Å². The van der Waals surface area contributed by atoms with Gasteiger partial charge in [0, 0.05) is 30.2 Å². The van der Waals surface area contributed by atoms with Crippen molar-refractivity contribution >= 4 is 17.2 Å². The summed E-state index contributed by atoms with van der Waals surface area (Å²) in [7, 11) is 0. The summed E-state index contributed by atoms with van der Waals surface area (Å²) in [6, 6.07) is 11.3. The number of rotatable bonds is 6. The summed E-state index contributed by atoms with van der Waals surface area (Å²) in [5.74, 6) is -0.198. The second-order valence-electron chi connectivity index (χ2n) is 5.62. The van der Waals surface area contributed by atoms with Crippen molar-refractivity contribution < 1.29 is 9.90 Å². The minimum atomic E-state index is -0.198. The van der Waals surface area contributed by atoms with Crippen molar-refractivity contribution in [2.45, 2.75) is 13.5 Å². The van der Waals surface area contributed by atoms with E-state index in [2.05, 4.69) is 15.6 Å². The molecule has 0 unspecified atom stereocenters. The first-order chi connectivity index (χ1) is 11.7. The second-order valence-corrected chi connectivity index (χ2v) is 5.62. The first-order valence-electron chi connectivity index (χ1n) is 7.83. The lowest BCUT2D eigenvalue weighted by Gasteiger charge is -2.07. The number of hydrogen-bond acceptors (Lipinski definition) is 4. The molecule has 0 bridgehead atoms. The van der Waals surface area contributed by atoms with Crippen LogP contribution in [0.5, 0.6) is 0 Å². The highest BCUT2D eigenvalue weighted by atomic mass is 16.3. The highest BCUT2D eigenvalue weighted by Crippen LogP contribution is 2.13. The number of nitrogens with zero attached hydrogens (tertiary/aromatic N) is 2. The summed E-state index contributed by atoms with van der Waals surface area (Å²) in [5.41, 5.74) is 4.42. The fourth-order valence-electron chi connectivity index (χ4n) is 2.48. The number of hydrogen-bond donors (Lipinski definition) is 3. The van der Waals surface area contributed by atoms with E-state index < -0.39 is 0 Å². The van der Waals surface area contributed by atoms with Crippen LogP contribution >= 0.6 is 0 Å². The van der Waals surface area contributed by atoms with Gasteiger partial charge in [0.05, 0.1) is 18.8 Å². The molecule has 0 aliphatic heterocycles. The molecular weight excluding hydrogens is 304 g/mol. The van der Waals surface area contributed by atoms with Crippen molar-refractivity contribution in [3.8, 4) is 0 Å². The molecule has 1 amide bonds. The minimum Gasteiger partial charge on any atom is -0.395 e. The van der Waals surface area contributed by atoms with E-state index in [1.807, 2.05) is 48.0 Å². The number of aryl methyl sites for hydroxylation is 1. The fourth-order valence-corrected chi connectivity index (χ4v) is 2.48. The first kappa shape index (κ1) is 16.0. The van der Waals surface area contributed by atoms with E-state index in [0.29, 0.717) is 12.1 Å². The largest absolute Gasteiger partial charge is 0.395 e. The van der Waals surface area contributed by atoms with Gasteiger partial charge in [-0.2, -0.15) is 0 Å². The predicted octanol–water partition coefficient (Wildman–Crippen LogP) is 1.98. The Morgan fingerprint density at radius 1 is 1.25 bits per heavy atom. The molecule has 124 valence electrons. The molecule has 0 saturated carbocycles. The zero-order valence-corrected chi connectivity index (χ0v) is 13.5. The Morgan fingerprint density at radius 2 is 2.12 bits per heavy atom. The van der Waals surface area contributed by atoms with Gasteiger partial charge in [-0.25, -0.2) is 4.98 Å². The van der Waals surface area contributed by atoms with Crippen molar-refractivity contribution in [1.29, 1.82) is 0 Å². The SMILES string of the molecule is Cc1ccc2nc(CNc3cccc(C(=O)NCCO)c3)cn2c1. The molecule has 0 atom stereocenters. The highest BCUT2D eigenvalue weighted by molar-refractivity contribution is 5.95. The number of anilines is 1. The number of pyridine rings is 1. The molecular formula is C18H20N4O2. The van der Waals surface area contributed by atoms with Crippen LogP contribution < -0.4 is 10.6 Å². The van der Waals surface area contributed by atoms with Crippen molar-refractivity contribution in [2.24, 2.45) is 0 Å². The van der Waals surface area contributed by atoms with E-state index in [9.17, 15) is 4.79 Å². The van der Waals surface area contributed by atoms with Crippen LogP contribution in [0.25, 0.3) is 5.65 Å². The zero-order valence-electron chi connectivity index (χ0n) is 13.5. The molecule has 1 aromatic carbocycles. The average Bonchev–Trinajstić information content (AvgIpc) is 3.00. The van der Waals surface area contributed by atoms with E-state index in [-0.39, 0.29) is 19.1 Å². The number of aromatic nitrogens is 2. The van der Waals surface area contributed by atoms with Crippen LogP contribution in [0.1, 0.15) is 21.6 Å². The Labute approximate surface area is 140 Å². The van der Waals surface area contributed by atoms with Crippen LogP contribution in [0.2, 0.25) is 0 Å². The summed E-state index contributed by atoms with van der Waals surface area (Å²) in [5, 5.41) is 14.7. The number of carbonyl (C=O) groups is 1. The van der Waals surface area contributed by atoms with Crippen LogP contribution in [0.3, 0.4) is 0 Å². The monoisotopic (exact) mass is 324 g/mol. The third kappa shape index (κ3) is 3.72. The Morgan fingerprint density at radius 3 is 2.96 bits per heavy atom. The maximum atomic E-state index is 11.9. The number of nitrogens with one attached hydrogen (secondary N) is 2. The maximum absolute atomic E-state index is 11.9. The molecule has 24 heavy (non-hydrogen) atoms. The molecule has 0 aliphatic rings. The second kappa shape index (κ2) is 7.14. The van der Waals surface area contributed by atoms with E-state index in [4.69, 9.17) is 5.11 Å². The predicted molar refractivity (Wildman–Crippen MR) is 93.1 cm³/mol. The third-order valence-electron chi connectivity index (χ3n) is 3.64. The van der Waals surface area contributed by atoms with Crippen LogP contribution in [0.4, 0.5) is 5.69 Å². The van der Waals surface area contributed by atoms with E-state index in [1.165, 1.54) is 5.56 Å². The van der Waals surface area contributed by atoms with Gasteiger partial charge in [-0.05, 0) is 36.8 Å². The van der Waals surface area contributed by atoms with Gasteiger partial charge < -0.3 is 20.1 Å². The molecule has 3 N–H and O–H groups in total. The lowest BCUT2D eigenvalue weighted by molar-refractivity contribution is 0.0945. The molecule has 3 rings (SSSR count). The minimum absolute atomic E-state index is 0.0724. The van der Waals surface area contributed by atoms with Gasteiger partial charge in [0.15, 0.2) is 0 Å². The van der Waals surface area contributed by atoms with Crippen molar-refractivity contribution in [2.75, 3.05) is 18.5 Å². The third-order valence-corrected chi connectivity index (χ3v) is 3.64. The number of fused-ring (bicyclic) bond motifs is 1. The molecule has 0 radical (unpaired) electrons. The molecule has 6 heteroatoms. The summed E-state index contributed by atoms with van der Waals surface area (Å²) in [6.07, 6.45) is 4.03. The standard InChI is InChI=1S/C18H20N4O2/c1-13-5-6-17-21-16(12-22(17)11-13)10-20-15-4-2-3-14(9-15)18(24)19-7-8-23/h2-6,9,11-12,20,23H,7-8,10H2,1H3,(H,19,24). The number of amides is 1. The Balaban J connectivity index is 1.68. The molecule has 2 aromatic heterocycles. The van der Waals surface area contributed by atoms with Crippen molar-refractivity contribution in [1.82, 2.24) is 14.7 Å². The molecule has 2 heterocycles. The summed E-state index contributed by atoms with van der Waals surface area (Å²) < 4.78 is 2.01. The van der Waals surface area contributed by atoms with Gasteiger partial charge >= 0.3 is 0 Å². The van der Waals surface area contributed by atoms with E-state index in [1.54, 1.807) is 12.1 Å². The quantitative estimate of drug-likeness (QED) is 0.648. The van der Waals surface area contributed by atoms with Gasteiger partial charge in [-0.1, -0.05) is 12.1 Å². The lowest BCUT2D eigenvalue weighted by Crippen LogP contribution is -2.26. The fraction of sp³-hybridized carbons (Fsp3) is 0.222. The van der Waals surface area contributed by atoms with Crippen molar-refractivity contribution in [3.63, 3.8) is 0 Å². The zero-order chi connectivity index (χ0) is 16.9. The Kier molecular flexibility index (Phi) is 4.77. The van der Waals surface area contributed by atoms with Crippen LogP contribution in [0, 0.1) is 6.92 Å². The molecule has 6 nitrogen and oxygen atoms in total. The smallest absolute Gasteiger partial charge is 0.251 e. The number of aliphatic hydroxyl groups is 1. The number of carbonyl (C=O) groups excluding carboxylic acids is 1. The maximum Gasteiger partial charge on any atom is 0.251 e. The molecule has 0 fully saturated rings. The summed E-state index contributed by atoms with van der Waals surface area (Å²) >= 11 is 0. The number of benzene rings is 1. The molecule has 0 spiro atoms. The van der Waals surface area contributed by atoms with Gasteiger partial charge in [0.25, 0.3) is 5.91 Å². The molecule has 0 aliphatic carbocycles. The first-order valence-corrected chi connectivity index (χ1v) is 7.83. The van der Waals surface area contributed by atoms with Crippen molar-refractivity contribution in [3.05, 3.63) is 65.6 Å². The highest BCUT2D eigenvalue weighted by Gasteiger charge is 2.06. The summed E-state index contributed by atoms with van der Waals surface area (Å²) in [6.45, 7) is 2.79. The number of aliphatic hydroxyl groups excluding tert-OH is 1. The van der Waals surface area contributed by atoms with Crippen LogP contribution in [0.15, 0.2) is 48.8 Å². The van der Waals surface area contributed by atoms with Gasteiger partial charge in [0.1, 0.15) is 5.65 Å². The normalized spacial score (nSPS) is 10.8. The van der Waals surface area contributed by atoms with Gasteiger partial charge in [-0.3, -0.25) is 4.79 Å². The lowest BCUT2D eigenvalue weighted by atomic mass is 10.2. The molecule has 3 aromatic rings. The van der Waals surface area contributed by atoms with Gasteiger partial charge in [-0.15, -0.1) is 0 Å². The topological polar surface area (TPSA) is 78.7 Å². The summed E-state index contributed by atoms with van der Waals surface area (Å²) in [4.78, 5) is 16.5. The van der Waals surface area contributed by atoms with Crippen LogP contribution in [-0.2, 0) is 6.54 Å². The molecule has 0 saturated heterocycles. The Bertz CT molecular complexity index is 857. The van der Waals surface area contributed by atoms with Crippen LogP contribution in [-0.4, -0.2) is 33.6 Å². The van der Waals surface area contributed by atoms with Gasteiger partial charge in [0.2, 0.25) is 0 Å².